The lowest BCUT2D eigenvalue weighted by molar-refractivity contribution is 0.0693. The minimum Gasteiger partial charge on any atom is -0.478 e. The van der Waals surface area contributed by atoms with Crippen molar-refractivity contribution in [3.8, 4) is 0 Å². The normalized spacial score (nSPS) is 11.6. The maximum Gasteiger partial charge on any atom is 0.337 e. The first-order valence-corrected chi connectivity index (χ1v) is 5.13. The summed E-state index contributed by atoms with van der Waals surface area (Å²) in [7, 11) is 0. The van der Waals surface area contributed by atoms with E-state index in [0.717, 1.165) is 0 Å². The molecule has 0 saturated carbocycles. The van der Waals surface area contributed by atoms with E-state index in [1.54, 1.807) is 13.8 Å². The van der Waals surface area contributed by atoms with E-state index in [0.29, 0.717) is 11.3 Å². The molecule has 0 spiro atoms. The van der Waals surface area contributed by atoms with Crippen molar-refractivity contribution in [1.82, 2.24) is 4.57 Å². The van der Waals surface area contributed by atoms with Crippen molar-refractivity contribution in [2.75, 3.05) is 0 Å². The molecule has 0 atom stereocenters. The minimum absolute atomic E-state index is 0.160. The van der Waals surface area contributed by atoms with E-state index in [9.17, 15) is 9.59 Å². The van der Waals surface area contributed by atoms with Crippen molar-refractivity contribution < 1.29 is 9.90 Å². The molecule has 88 valence electrons. The van der Waals surface area contributed by atoms with E-state index in [1.807, 2.05) is 20.8 Å². The number of aryl methyl sites for hydroxylation is 1. The van der Waals surface area contributed by atoms with Gasteiger partial charge in [0.1, 0.15) is 0 Å². The highest BCUT2D eigenvalue weighted by atomic mass is 16.4. The van der Waals surface area contributed by atoms with Gasteiger partial charge in [0.2, 0.25) is 0 Å². The second kappa shape index (κ2) is 3.77. The number of hydrogen-bond acceptors (Lipinski definition) is 2. The monoisotopic (exact) mass is 223 g/mol. The second-order valence-corrected chi connectivity index (χ2v) is 4.94. The third-order valence-electron chi connectivity index (χ3n) is 2.54. The topological polar surface area (TPSA) is 59.3 Å². The highest BCUT2D eigenvalue weighted by molar-refractivity contribution is 5.90. The zero-order chi connectivity index (χ0) is 12.7. The van der Waals surface area contributed by atoms with Gasteiger partial charge in [-0.05, 0) is 40.2 Å². The Balaban J connectivity index is 3.72. The first-order chi connectivity index (χ1) is 7.16. The van der Waals surface area contributed by atoms with Crippen molar-refractivity contribution in [2.24, 2.45) is 0 Å². The molecule has 0 aliphatic carbocycles. The molecule has 0 unspecified atom stereocenters. The molecule has 0 aliphatic heterocycles. The van der Waals surface area contributed by atoms with Crippen LogP contribution >= 0.6 is 0 Å². The smallest absolute Gasteiger partial charge is 0.337 e. The van der Waals surface area contributed by atoms with Crippen LogP contribution in [0.25, 0.3) is 0 Å². The average molecular weight is 223 g/mol. The molecule has 1 N–H and O–H groups in total. The van der Waals surface area contributed by atoms with Crippen LogP contribution in [-0.4, -0.2) is 15.6 Å². The minimum atomic E-state index is -0.993. The Kier molecular flexibility index (Phi) is 2.95. The first-order valence-electron chi connectivity index (χ1n) is 5.13. The molecular weight excluding hydrogens is 206 g/mol. The van der Waals surface area contributed by atoms with Crippen LogP contribution in [-0.2, 0) is 5.54 Å². The predicted molar refractivity (Wildman–Crippen MR) is 62.1 cm³/mol. The number of pyridine rings is 1. The molecule has 1 aromatic heterocycles. The highest BCUT2D eigenvalue weighted by Crippen LogP contribution is 2.18. The number of carbonyl (C=O) groups is 1. The molecule has 1 rings (SSSR count). The van der Waals surface area contributed by atoms with Crippen LogP contribution in [0.2, 0.25) is 0 Å². The lowest BCUT2D eigenvalue weighted by Crippen LogP contribution is -2.36. The number of aromatic carboxylic acids is 1. The first kappa shape index (κ1) is 12.5. The van der Waals surface area contributed by atoms with Crippen LogP contribution in [0.3, 0.4) is 0 Å². The Labute approximate surface area is 94.5 Å². The van der Waals surface area contributed by atoms with Crippen LogP contribution in [0.1, 0.15) is 42.4 Å². The Morgan fingerprint density at radius 3 is 2.19 bits per heavy atom. The average Bonchev–Trinajstić information content (AvgIpc) is 1.97. The summed E-state index contributed by atoms with van der Waals surface area (Å²) < 4.78 is 1.52. The zero-order valence-corrected chi connectivity index (χ0v) is 10.3. The number of nitrogens with zero attached hydrogens (tertiary/aromatic N) is 1. The van der Waals surface area contributed by atoms with E-state index in [1.165, 1.54) is 10.6 Å². The van der Waals surface area contributed by atoms with Crippen LogP contribution in [0.4, 0.5) is 0 Å². The van der Waals surface area contributed by atoms with Gasteiger partial charge in [0.25, 0.3) is 5.56 Å². The lowest BCUT2D eigenvalue weighted by atomic mass is 10.0. The summed E-state index contributed by atoms with van der Waals surface area (Å²) in [4.78, 5) is 23.0. The lowest BCUT2D eigenvalue weighted by Gasteiger charge is -2.26. The molecule has 4 nitrogen and oxygen atoms in total. The molecule has 0 saturated heterocycles. The van der Waals surface area contributed by atoms with Gasteiger partial charge >= 0.3 is 5.97 Å². The molecule has 0 amide bonds. The quantitative estimate of drug-likeness (QED) is 0.791. The van der Waals surface area contributed by atoms with Crippen LogP contribution in [0.5, 0.6) is 0 Å². The molecule has 1 aromatic rings. The summed E-state index contributed by atoms with van der Waals surface area (Å²) in [5, 5.41) is 9.11. The van der Waals surface area contributed by atoms with Gasteiger partial charge < -0.3 is 9.67 Å². The molecule has 0 bridgehead atoms. The fraction of sp³-hybridized carbons (Fsp3) is 0.500. The van der Waals surface area contributed by atoms with Gasteiger partial charge in [-0.2, -0.15) is 0 Å². The van der Waals surface area contributed by atoms with E-state index in [-0.39, 0.29) is 11.1 Å². The summed E-state index contributed by atoms with van der Waals surface area (Å²) in [6.07, 6.45) is 0. The van der Waals surface area contributed by atoms with E-state index >= 15 is 0 Å². The van der Waals surface area contributed by atoms with Gasteiger partial charge in [-0.15, -0.1) is 0 Å². The van der Waals surface area contributed by atoms with Crippen molar-refractivity contribution in [3.63, 3.8) is 0 Å². The fourth-order valence-electron chi connectivity index (χ4n) is 2.04. The number of aromatic nitrogens is 1. The summed E-state index contributed by atoms with van der Waals surface area (Å²) in [6.45, 7) is 8.95. The molecule has 0 aromatic carbocycles. The Morgan fingerprint density at radius 2 is 1.81 bits per heavy atom. The Morgan fingerprint density at radius 1 is 1.31 bits per heavy atom. The maximum atomic E-state index is 11.9. The largest absolute Gasteiger partial charge is 0.478 e. The third kappa shape index (κ3) is 2.01. The number of hydrogen-bond donors (Lipinski definition) is 1. The second-order valence-electron chi connectivity index (χ2n) is 4.94. The molecular formula is C12H17NO3. The summed E-state index contributed by atoms with van der Waals surface area (Å²) in [6, 6.07) is 1.38. The van der Waals surface area contributed by atoms with Gasteiger partial charge in [0.15, 0.2) is 0 Å². The molecule has 0 radical (unpaired) electrons. The van der Waals surface area contributed by atoms with E-state index in [2.05, 4.69) is 0 Å². The predicted octanol–water partition coefficient (Wildman–Crippen LogP) is 1.92. The van der Waals surface area contributed by atoms with Crippen LogP contribution in [0.15, 0.2) is 10.9 Å². The molecule has 0 fully saturated rings. The Bertz CT molecular complexity index is 492. The Hall–Kier alpha value is -1.58. The van der Waals surface area contributed by atoms with Crippen LogP contribution in [0, 0.1) is 13.8 Å². The van der Waals surface area contributed by atoms with Crippen molar-refractivity contribution >= 4 is 5.97 Å². The van der Waals surface area contributed by atoms with Gasteiger partial charge in [-0.25, -0.2) is 4.79 Å². The molecule has 4 heteroatoms. The zero-order valence-electron chi connectivity index (χ0n) is 10.3. The van der Waals surface area contributed by atoms with Gasteiger partial charge in [0, 0.05) is 17.3 Å². The van der Waals surface area contributed by atoms with E-state index < -0.39 is 11.5 Å². The van der Waals surface area contributed by atoms with Crippen LogP contribution < -0.4 is 5.56 Å². The van der Waals surface area contributed by atoms with Gasteiger partial charge in [-0.1, -0.05) is 0 Å². The number of carboxylic acids is 1. The van der Waals surface area contributed by atoms with Crippen molar-refractivity contribution in [2.45, 2.75) is 40.2 Å². The summed E-state index contributed by atoms with van der Waals surface area (Å²) in [5.74, 6) is -0.993. The number of rotatable bonds is 1. The fourth-order valence-corrected chi connectivity index (χ4v) is 2.04. The van der Waals surface area contributed by atoms with Crippen molar-refractivity contribution in [3.05, 3.63) is 33.2 Å². The molecule has 0 aliphatic rings. The van der Waals surface area contributed by atoms with Crippen molar-refractivity contribution in [1.29, 1.82) is 0 Å². The van der Waals surface area contributed by atoms with E-state index in [4.69, 9.17) is 5.11 Å². The maximum absolute atomic E-state index is 11.9. The molecule has 1 heterocycles. The highest BCUT2D eigenvalue weighted by Gasteiger charge is 2.22. The van der Waals surface area contributed by atoms with Gasteiger partial charge in [-0.3, -0.25) is 4.79 Å². The number of carboxylic acid groups (broad SMARTS) is 1. The summed E-state index contributed by atoms with van der Waals surface area (Å²) in [5.41, 5.74) is 0.654. The third-order valence-corrected chi connectivity index (χ3v) is 2.54. The van der Waals surface area contributed by atoms with Gasteiger partial charge in [0.05, 0.1) is 5.56 Å². The standard InChI is InChI=1S/C12H17NO3/c1-7-6-9(14)13(12(3,4)5)8(2)10(7)11(15)16/h6H,1-5H3,(H,15,16). The SMILES string of the molecule is Cc1cc(=O)n(C(C)(C)C)c(C)c1C(=O)O. The molecule has 16 heavy (non-hydrogen) atoms. The summed E-state index contributed by atoms with van der Waals surface area (Å²) >= 11 is 0.